The van der Waals surface area contributed by atoms with Crippen LogP contribution < -0.4 is 0 Å². The fourth-order valence-corrected chi connectivity index (χ4v) is 4.36. The van der Waals surface area contributed by atoms with Gasteiger partial charge in [0.25, 0.3) is 5.91 Å². The molecule has 4 rings (SSSR count). The zero-order valence-corrected chi connectivity index (χ0v) is 17.2. The molecular formula is C21H25N5OS. The molecule has 0 atom stereocenters. The Bertz CT molecular complexity index is 941. The minimum absolute atomic E-state index is 0.0385. The number of carbonyl (C=O) groups is 1. The molecule has 1 aliphatic heterocycles. The van der Waals surface area contributed by atoms with Crippen molar-refractivity contribution in [3.63, 3.8) is 0 Å². The van der Waals surface area contributed by atoms with Crippen molar-refractivity contribution in [3.8, 4) is 10.6 Å². The monoisotopic (exact) mass is 395 g/mol. The zero-order chi connectivity index (χ0) is 19.5. The van der Waals surface area contributed by atoms with Crippen LogP contribution in [0.2, 0.25) is 0 Å². The van der Waals surface area contributed by atoms with E-state index in [2.05, 4.69) is 32.7 Å². The van der Waals surface area contributed by atoms with E-state index in [1.165, 1.54) is 17.0 Å². The lowest BCUT2D eigenvalue weighted by Crippen LogP contribution is -2.49. The summed E-state index contributed by atoms with van der Waals surface area (Å²) in [6, 6.07) is 12.1. The molecule has 7 heteroatoms. The third-order valence-corrected chi connectivity index (χ3v) is 6.03. The number of aromatic nitrogens is 3. The Labute approximate surface area is 169 Å². The molecule has 2 aromatic heterocycles. The van der Waals surface area contributed by atoms with Gasteiger partial charge >= 0.3 is 0 Å². The van der Waals surface area contributed by atoms with Crippen LogP contribution >= 0.6 is 11.3 Å². The van der Waals surface area contributed by atoms with Crippen molar-refractivity contribution >= 4 is 17.2 Å². The number of thiazole rings is 1. The van der Waals surface area contributed by atoms with E-state index in [1.807, 2.05) is 47.5 Å². The molecule has 0 aliphatic carbocycles. The van der Waals surface area contributed by atoms with E-state index >= 15 is 0 Å². The lowest BCUT2D eigenvalue weighted by molar-refractivity contribution is 0.0627. The average Bonchev–Trinajstić information content (AvgIpc) is 3.33. The Morgan fingerprint density at radius 3 is 2.50 bits per heavy atom. The maximum absolute atomic E-state index is 12.8. The van der Waals surface area contributed by atoms with Crippen molar-refractivity contribution in [3.05, 3.63) is 58.9 Å². The predicted octanol–water partition coefficient (Wildman–Crippen LogP) is 3.08. The van der Waals surface area contributed by atoms with Crippen LogP contribution in [0.5, 0.6) is 0 Å². The number of piperazine rings is 1. The van der Waals surface area contributed by atoms with E-state index in [0.29, 0.717) is 5.69 Å². The molecule has 1 fully saturated rings. The first-order valence-electron chi connectivity index (χ1n) is 9.64. The van der Waals surface area contributed by atoms with Crippen LogP contribution in [0.15, 0.2) is 41.8 Å². The molecule has 28 heavy (non-hydrogen) atoms. The number of hydrogen-bond donors (Lipinski definition) is 0. The number of benzene rings is 1. The van der Waals surface area contributed by atoms with Crippen molar-refractivity contribution in [2.75, 3.05) is 32.7 Å². The average molecular weight is 396 g/mol. The highest BCUT2D eigenvalue weighted by atomic mass is 32.1. The van der Waals surface area contributed by atoms with E-state index < -0.39 is 0 Å². The van der Waals surface area contributed by atoms with E-state index in [4.69, 9.17) is 0 Å². The quantitative estimate of drug-likeness (QED) is 0.666. The minimum atomic E-state index is 0.0385. The first-order valence-corrected chi connectivity index (χ1v) is 10.5. The Balaban J connectivity index is 1.30. The van der Waals surface area contributed by atoms with Crippen molar-refractivity contribution in [2.45, 2.75) is 20.4 Å². The Morgan fingerprint density at radius 1 is 1.07 bits per heavy atom. The highest BCUT2D eigenvalue weighted by molar-refractivity contribution is 7.13. The van der Waals surface area contributed by atoms with E-state index in [-0.39, 0.29) is 5.91 Å². The Kier molecular flexibility index (Phi) is 5.54. The van der Waals surface area contributed by atoms with Gasteiger partial charge in [-0.25, -0.2) is 4.98 Å². The van der Waals surface area contributed by atoms with Gasteiger partial charge in [-0.15, -0.1) is 11.3 Å². The van der Waals surface area contributed by atoms with E-state index in [0.717, 1.165) is 55.5 Å². The second-order valence-corrected chi connectivity index (χ2v) is 8.05. The van der Waals surface area contributed by atoms with Gasteiger partial charge in [-0.05, 0) is 19.9 Å². The molecule has 1 aromatic carbocycles. The minimum Gasteiger partial charge on any atom is -0.335 e. The van der Waals surface area contributed by atoms with Gasteiger partial charge in [0.2, 0.25) is 0 Å². The second kappa shape index (κ2) is 8.24. The molecule has 1 amide bonds. The largest absolute Gasteiger partial charge is 0.335 e. The van der Waals surface area contributed by atoms with Crippen LogP contribution in [0.4, 0.5) is 0 Å². The lowest BCUT2D eigenvalue weighted by Gasteiger charge is -2.34. The summed E-state index contributed by atoms with van der Waals surface area (Å²) in [5.41, 5.74) is 3.87. The summed E-state index contributed by atoms with van der Waals surface area (Å²) >= 11 is 1.53. The Hall–Kier alpha value is -2.51. The van der Waals surface area contributed by atoms with Gasteiger partial charge in [-0.1, -0.05) is 30.3 Å². The standard InChI is InChI=1S/C21H25N5OS/c1-16-14-17(2)26(23-16)13-10-24-8-11-25(12-9-24)21(27)19-15-28-20(22-19)18-6-4-3-5-7-18/h3-7,14-15H,8-13H2,1-2H3. The van der Waals surface area contributed by atoms with Gasteiger partial charge in [-0.3, -0.25) is 14.4 Å². The molecule has 3 heterocycles. The van der Waals surface area contributed by atoms with Crippen molar-refractivity contribution in [2.24, 2.45) is 0 Å². The Morgan fingerprint density at radius 2 is 1.82 bits per heavy atom. The van der Waals surface area contributed by atoms with Crippen LogP contribution in [0, 0.1) is 13.8 Å². The van der Waals surface area contributed by atoms with E-state index in [1.54, 1.807) is 0 Å². The van der Waals surface area contributed by atoms with Crippen LogP contribution in [0.1, 0.15) is 21.9 Å². The zero-order valence-electron chi connectivity index (χ0n) is 16.3. The summed E-state index contributed by atoms with van der Waals surface area (Å²) in [6.45, 7) is 9.23. The number of hydrogen-bond acceptors (Lipinski definition) is 5. The topological polar surface area (TPSA) is 54.3 Å². The number of rotatable bonds is 5. The summed E-state index contributed by atoms with van der Waals surface area (Å²) in [4.78, 5) is 21.7. The third kappa shape index (κ3) is 4.15. The third-order valence-electron chi connectivity index (χ3n) is 5.13. The maximum Gasteiger partial charge on any atom is 0.273 e. The fourth-order valence-electron chi connectivity index (χ4n) is 3.56. The number of aryl methyl sites for hydroxylation is 2. The number of amides is 1. The summed E-state index contributed by atoms with van der Waals surface area (Å²) in [5.74, 6) is 0.0385. The van der Waals surface area contributed by atoms with Gasteiger partial charge in [-0.2, -0.15) is 5.10 Å². The van der Waals surface area contributed by atoms with E-state index in [9.17, 15) is 4.79 Å². The maximum atomic E-state index is 12.8. The normalized spacial score (nSPS) is 15.1. The number of carbonyl (C=O) groups excluding carboxylic acids is 1. The molecule has 0 unspecified atom stereocenters. The molecule has 0 radical (unpaired) electrons. The summed E-state index contributed by atoms with van der Waals surface area (Å²) in [6.07, 6.45) is 0. The number of nitrogens with zero attached hydrogens (tertiary/aromatic N) is 5. The predicted molar refractivity (Wildman–Crippen MR) is 112 cm³/mol. The highest BCUT2D eigenvalue weighted by Crippen LogP contribution is 2.24. The molecule has 6 nitrogen and oxygen atoms in total. The van der Waals surface area contributed by atoms with Crippen molar-refractivity contribution in [1.29, 1.82) is 0 Å². The van der Waals surface area contributed by atoms with Crippen LogP contribution in [0.3, 0.4) is 0 Å². The van der Waals surface area contributed by atoms with Crippen molar-refractivity contribution in [1.82, 2.24) is 24.6 Å². The van der Waals surface area contributed by atoms with Crippen LogP contribution in [-0.4, -0.2) is 63.2 Å². The smallest absolute Gasteiger partial charge is 0.273 e. The molecule has 1 aliphatic rings. The molecule has 1 saturated heterocycles. The summed E-state index contributed by atoms with van der Waals surface area (Å²) in [7, 11) is 0. The highest BCUT2D eigenvalue weighted by Gasteiger charge is 2.24. The lowest BCUT2D eigenvalue weighted by atomic mass is 10.2. The summed E-state index contributed by atoms with van der Waals surface area (Å²) in [5, 5.41) is 7.29. The van der Waals surface area contributed by atoms with Crippen LogP contribution in [0.25, 0.3) is 10.6 Å². The molecule has 0 saturated carbocycles. The van der Waals surface area contributed by atoms with Gasteiger partial charge in [0.05, 0.1) is 12.2 Å². The molecular weight excluding hydrogens is 370 g/mol. The molecule has 0 N–H and O–H groups in total. The van der Waals surface area contributed by atoms with Gasteiger partial charge < -0.3 is 4.90 Å². The van der Waals surface area contributed by atoms with Gasteiger partial charge in [0, 0.05) is 49.4 Å². The molecule has 0 bridgehead atoms. The van der Waals surface area contributed by atoms with Gasteiger partial charge in [0.15, 0.2) is 0 Å². The SMILES string of the molecule is Cc1cc(C)n(CCN2CCN(C(=O)c3csc(-c4ccccc4)n3)CC2)n1. The second-order valence-electron chi connectivity index (χ2n) is 7.19. The van der Waals surface area contributed by atoms with Crippen molar-refractivity contribution < 1.29 is 4.79 Å². The first-order chi connectivity index (χ1) is 13.6. The van der Waals surface area contributed by atoms with Crippen LogP contribution in [-0.2, 0) is 6.54 Å². The molecule has 3 aromatic rings. The first kappa shape index (κ1) is 18.8. The van der Waals surface area contributed by atoms with Gasteiger partial charge in [0.1, 0.15) is 10.7 Å². The molecule has 146 valence electrons. The molecule has 0 spiro atoms. The summed E-state index contributed by atoms with van der Waals surface area (Å²) < 4.78 is 2.06. The fraction of sp³-hybridized carbons (Fsp3) is 0.381.